The Balaban J connectivity index is 2.02. The molecule has 4 nitrogen and oxygen atoms in total. The van der Waals surface area contributed by atoms with Gasteiger partial charge in [0, 0.05) is 25.3 Å². The normalized spacial score (nSPS) is 19.3. The Morgan fingerprint density at radius 3 is 2.95 bits per heavy atom. The Labute approximate surface area is 115 Å². The Morgan fingerprint density at radius 1 is 1.42 bits per heavy atom. The summed E-state index contributed by atoms with van der Waals surface area (Å²) < 4.78 is 0. The zero-order valence-corrected chi connectivity index (χ0v) is 11.8. The number of amides is 2. The maximum absolute atomic E-state index is 12.3. The van der Waals surface area contributed by atoms with Crippen LogP contribution in [0.2, 0.25) is 0 Å². The minimum atomic E-state index is 0.0232. The maximum atomic E-state index is 12.3. The number of anilines is 1. The van der Waals surface area contributed by atoms with Gasteiger partial charge in [-0.15, -0.1) is 0 Å². The number of benzene rings is 1. The van der Waals surface area contributed by atoms with E-state index < -0.39 is 0 Å². The van der Waals surface area contributed by atoms with Gasteiger partial charge in [0.25, 0.3) is 0 Å². The molecular formula is C15H23N3O. The molecule has 104 valence electrons. The fourth-order valence-corrected chi connectivity index (χ4v) is 2.55. The molecule has 1 aromatic rings. The van der Waals surface area contributed by atoms with E-state index in [9.17, 15) is 4.79 Å². The second-order valence-electron chi connectivity index (χ2n) is 5.31. The lowest BCUT2D eigenvalue weighted by Gasteiger charge is -2.31. The number of carbonyl (C=O) groups excluding carboxylic acids is 1. The molecule has 0 spiro atoms. The van der Waals surface area contributed by atoms with Crippen molar-refractivity contribution in [1.29, 1.82) is 0 Å². The molecule has 1 aliphatic rings. The summed E-state index contributed by atoms with van der Waals surface area (Å²) >= 11 is 0. The highest BCUT2D eigenvalue weighted by atomic mass is 16.2. The number of urea groups is 1. The summed E-state index contributed by atoms with van der Waals surface area (Å²) in [6, 6.07) is 7.96. The van der Waals surface area contributed by atoms with Gasteiger partial charge in [-0.2, -0.15) is 0 Å². The van der Waals surface area contributed by atoms with E-state index in [4.69, 9.17) is 0 Å². The van der Waals surface area contributed by atoms with Crippen LogP contribution in [0.3, 0.4) is 0 Å². The Kier molecular flexibility index (Phi) is 4.80. The van der Waals surface area contributed by atoms with E-state index in [0.717, 1.165) is 37.3 Å². The predicted molar refractivity (Wildman–Crippen MR) is 78.2 cm³/mol. The SMILES string of the molecule is CNCc1ccccc1NC(=O)N1CCCC(C)C1. The van der Waals surface area contributed by atoms with Crippen LogP contribution in [0, 0.1) is 5.92 Å². The Bertz CT molecular complexity index is 433. The van der Waals surface area contributed by atoms with E-state index in [2.05, 4.69) is 17.6 Å². The first-order valence-electron chi connectivity index (χ1n) is 6.99. The number of hydrogen-bond donors (Lipinski definition) is 2. The fraction of sp³-hybridized carbons (Fsp3) is 0.533. The average Bonchev–Trinajstić information content (AvgIpc) is 2.41. The van der Waals surface area contributed by atoms with Crippen molar-refractivity contribution in [3.8, 4) is 0 Å². The van der Waals surface area contributed by atoms with Crippen molar-refractivity contribution in [2.24, 2.45) is 5.92 Å². The number of para-hydroxylation sites is 1. The van der Waals surface area contributed by atoms with Crippen LogP contribution in [0.25, 0.3) is 0 Å². The standard InChI is InChI=1S/C15H23N3O/c1-12-6-5-9-18(11-12)15(19)17-14-8-4-3-7-13(14)10-16-2/h3-4,7-8,12,16H,5-6,9-11H2,1-2H3,(H,17,19). The van der Waals surface area contributed by atoms with E-state index in [-0.39, 0.29) is 6.03 Å². The lowest BCUT2D eigenvalue weighted by Crippen LogP contribution is -2.41. The fourth-order valence-electron chi connectivity index (χ4n) is 2.55. The first-order valence-corrected chi connectivity index (χ1v) is 6.99. The van der Waals surface area contributed by atoms with E-state index >= 15 is 0 Å². The topological polar surface area (TPSA) is 44.4 Å². The van der Waals surface area contributed by atoms with E-state index in [1.807, 2.05) is 36.2 Å². The first kappa shape index (κ1) is 13.9. The van der Waals surface area contributed by atoms with Crippen molar-refractivity contribution in [2.45, 2.75) is 26.3 Å². The smallest absolute Gasteiger partial charge is 0.321 e. The summed E-state index contributed by atoms with van der Waals surface area (Å²) in [5, 5.41) is 6.15. The van der Waals surface area contributed by atoms with Crippen LogP contribution >= 0.6 is 0 Å². The summed E-state index contributed by atoms with van der Waals surface area (Å²) in [5.74, 6) is 0.604. The van der Waals surface area contributed by atoms with Gasteiger partial charge in [0.2, 0.25) is 0 Å². The van der Waals surface area contributed by atoms with Crippen LogP contribution in [0.1, 0.15) is 25.3 Å². The van der Waals surface area contributed by atoms with Crippen molar-refractivity contribution >= 4 is 11.7 Å². The molecule has 0 aromatic heterocycles. The van der Waals surface area contributed by atoms with Gasteiger partial charge in [-0.1, -0.05) is 25.1 Å². The number of hydrogen-bond acceptors (Lipinski definition) is 2. The highest BCUT2D eigenvalue weighted by Crippen LogP contribution is 2.19. The second kappa shape index (κ2) is 6.57. The maximum Gasteiger partial charge on any atom is 0.321 e. The van der Waals surface area contributed by atoms with Crippen molar-refractivity contribution in [3.05, 3.63) is 29.8 Å². The van der Waals surface area contributed by atoms with Crippen molar-refractivity contribution in [3.63, 3.8) is 0 Å². The monoisotopic (exact) mass is 261 g/mol. The molecule has 2 amide bonds. The van der Waals surface area contributed by atoms with Gasteiger partial charge in [-0.05, 0) is 37.4 Å². The van der Waals surface area contributed by atoms with Crippen molar-refractivity contribution in [1.82, 2.24) is 10.2 Å². The van der Waals surface area contributed by atoms with Gasteiger partial charge in [0.15, 0.2) is 0 Å². The molecule has 0 radical (unpaired) electrons. The molecule has 1 aliphatic heterocycles. The van der Waals surface area contributed by atoms with Gasteiger partial charge >= 0.3 is 6.03 Å². The molecule has 1 fully saturated rings. The third-order valence-electron chi connectivity index (χ3n) is 3.57. The Morgan fingerprint density at radius 2 is 2.21 bits per heavy atom. The van der Waals surface area contributed by atoms with Crippen LogP contribution in [-0.4, -0.2) is 31.1 Å². The predicted octanol–water partition coefficient (Wildman–Crippen LogP) is 2.67. The van der Waals surface area contributed by atoms with Gasteiger partial charge in [0.05, 0.1) is 0 Å². The van der Waals surface area contributed by atoms with Crippen LogP contribution in [-0.2, 0) is 6.54 Å². The van der Waals surface area contributed by atoms with E-state index in [1.54, 1.807) is 0 Å². The molecule has 1 heterocycles. The molecule has 1 aromatic carbocycles. The van der Waals surface area contributed by atoms with Crippen LogP contribution in [0.4, 0.5) is 10.5 Å². The zero-order valence-electron chi connectivity index (χ0n) is 11.8. The van der Waals surface area contributed by atoms with Crippen molar-refractivity contribution < 1.29 is 4.79 Å². The molecule has 0 saturated carbocycles. The first-order chi connectivity index (χ1) is 9.20. The van der Waals surface area contributed by atoms with E-state index in [1.165, 1.54) is 6.42 Å². The van der Waals surface area contributed by atoms with Gasteiger partial charge in [-0.3, -0.25) is 0 Å². The summed E-state index contributed by atoms with van der Waals surface area (Å²) in [7, 11) is 1.91. The van der Waals surface area contributed by atoms with Gasteiger partial charge in [0.1, 0.15) is 0 Å². The van der Waals surface area contributed by atoms with Gasteiger partial charge < -0.3 is 15.5 Å². The third-order valence-corrected chi connectivity index (χ3v) is 3.57. The molecule has 4 heteroatoms. The molecule has 19 heavy (non-hydrogen) atoms. The summed E-state index contributed by atoms with van der Waals surface area (Å²) in [6.45, 7) is 4.69. The largest absolute Gasteiger partial charge is 0.324 e. The molecule has 1 atom stereocenters. The molecule has 0 bridgehead atoms. The quantitative estimate of drug-likeness (QED) is 0.878. The van der Waals surface area contributed by atoms with E-state index in [0.29, 0.717) is 5.92 Å². The lowest BCUT2D eigenvalue weighted by molar-refractivity contribution is 0.182. The van der Waals surface area contributed by atoms with Crippen LogP contribution in [0.5, 0.6) is 0 Å². The molecule has 1 unspecified atom stereocenters. The number of nitrogens with one attached hydrogen (secondary N) is 2. The molecule has 2 rings (SSSR count). The lowest BCUT2D eigenvalue weighted by atomic mass is 10.0. The number of nitrogens with zero attached hydrogens (tertiary/aromatic N) is 1. The summed E-state index contributed by atoms with van der Waals surface area (Å²) in [5.41, 5.74) is 2.02. The minimum Gasteiger partial charge on any atom is -0.324 e. The zero-order chi connectivity index (χ0) is 13.7. The van der Waals surface area contributed by atoms with Gasteiger partial charge in [-0.25, -0.2) is 4.79 Å². The Hall–Kier alpha value is -1.55. The molecule has 0 aliphatic carbocycles. The minimum absolute atomic E-state index is 0.0232. The van der Waals surface area contributed by atoms with Crippen LogP contribution < -0.4 is 10.6 Å². The van der Waals surface area contributed by atoms with Crippen LogP contribution in [0.15, 0.2) is 24.3 Å². The highest BCUT2D eigenvalue weighted by molar-refractivity contribution is 5.90. The molecular weight excluding hydrogens is 238 g/mol. The highest BCUT2D eigenvalue weighted by Gasteiger charge is 2.21. The third kappa shape index (κ3) is 3.70. The molecule has 2 N–H and O–H groups in total. The second-order valence-corrected chi connectivity index (χ2v) is 5.31. The van der Waals surface area contributed by atoms with Crippen molar-refractivity contribution in [2.75, 3.05) is 25.5 Å². The number of piperidine rings is 1. The summed E-state index contributed by atoms with van der Waals surface area (Å²) in [6.07, 6.45) is 2.33. The number of rotatable bonds is 3. The number of carbonyl (C=O) groups is 1. The molecule has 1 saturated heterocycles. The summed E-state index contributed by atoms with van der Waals surface area (Å²) in [4.78, 5) is 14.2. The number of likely N-dealkylation sites (tertiary alicyclic amines) is 1. The average molecular weight is 261 g/mol.